The third-order valence-electron chi connectivity index (χ3n) is 5.53. The number of fused-ring (bicyclic) bond motifs is 1. The molecule has 11 heteroatoms. The molecule has 0 radical (unpaired) electrons. The number of guanidine groups is 1. The summed E-state index contributed by atoms with van der Waals surface area (Å²) in [4.78, 5) is 15.4. The summed E-state index contributed by atoms with van der Waals surface area (Å²) in [5.41, 5.74) is 3.42. The van der Waals surface area contributed by atoms with Gasteiger partial charge in [0.05, 0.1) is 24.8 Å². The molecule has 0 unspecified atom stereocenters. The number of hydrogen-bond donors (Lipinski definition) is 3. The Morgan fingerprint density at radius 1 is 1.09 bits per heavy atom. The van der Waals surface area contributed by atoms with Gasteiger partial charge in [-0.1, -0.05) is 24.3 Å². The van der Waals surface area contributed by atoms with Crippen LogP contribution in [-0.4, -0.2) is 77.0 Å². The molecule has 0 spiro atoms. The SMILES string of the molecule is CN=C(NCCNc1ncnc2c1cnn2C)NCc1ccccc1CN1CCOCC1.I. The molecule has 1 fully saturated rings. The number of aliphatic imine (C=N–C) groups is 1. The number of aryl methyl sites for hydroxylation is 1. The van der Waals surface area contributed by atoms with E-state index < -0.39 is 0 Å². The zero-order chi connectivity index (χ0) is 22.2. The fraction of sp³-hybridized carbons (Fsp3) is 0.455. The zero-order valence-electron chi connectivity index (χ0n) is 19.1. The Morgan fingerprint density at radius 3 is 2.67 bits per heavy atom. The molecule has 0 bridgehead atoms. The minimum Gasteiger partial charge on any atom is -0.379 e. The minimum atomic E-state index is 0. The van der Waals surface area contributed by atoms with E-state index in [9.17, 15) is 0 Å². The molecule has 3 heterocycles. The molecule has 2 aromatic heterocycles. The number of rotatable bonds is 8. The molecular weight excluding hydrogens is 533 g/mol. The molecule has 1 aromatic carbocycles. The van der Waals surface area contributed by atoms with Gasteiger partial charge < -0.3 is 20.7 Å². The summed E-state index contributed by atoms with van der Waals surface area (Å²) in [5.74, 6) is 1.55. The monoisotopic (exact) mass is 565 g/mol. The molecule has 0 saturated carbocycles. The number of morpholine rings is 1. The normalized spacial score (nSPS) is 14.7. The van der Waals surface area contributed by atoms with Crippen LogP contribution in [0.1, 0.15) is 11.1 Å². The number of nitrogens with zero attached hydrogens (tertiary/aromatic N) is 6. The molecule has 0 aliphatic carbocycles. The molecule has 178 valence electrons. The first-order valence-electron chi connectivity index (χ1n) is 10.9. The van der Waals surface area contributed by atoms with Gasteiger partial charge in [0.25, 0.3) is 0 Å². The van der Waals surface area contributed by atoms with Gasteiger partial charge in [-0.2, -0.15) is 5.10 Å². The van der Waals surface area contributed by atoms with Crippen molar-refractivity contribution >= 4 is 46.8 Å². The second kappa shape index (κ2) is 12.7. The van der Waals surface area contributed by atoms with Crippen LogP contribution in [0.15, 0.2) is 41.8 Å². The molecule has 3 N–H and O–H groups in total. The number of nitrogens with one attached hydrogen (secondary N) is 3. The fourth-order valence-corrected chi connectivity index (χ4v) is 3.75. The number of hydrogen-bond acceptors (Lipinski definition) is 7. The Hall–Kier alpha value is -2.51. The highest BCUT2D eigenvalue weighted by molar-refractivity contribution is 14.0. The summed E-state index contributed by atoms with van der Waals surface area (Å²) in [6.45, 7) is 6.63. The second-order valence-electron chi connectivity index (χ2n) is 7.66. The minimum absolute atomic E-state index is 0. The highest BCUT2D eigenvalue weighted by Crippen LogP contribution is 2.17. The van der Waals surface area contributed by atoms with Gasteiger partial charge in [-0.25, -0.2) is 9.97 Å². The molecule has 1 saturated heterocycles. The molecule has 0 atom stereocenters. The van der Waals surface area contributed by atoms with Gasteiger partial charge in [0.15, 0.2) is 11.6 Å². The van der Waals surface area contributed by atoms with Crippen molar-refractivity contribution in [3.8, 4) is 0 Å². The molecule has 33 heavy (non-hydrogen) atoms. The Morgan fingerprint density at radius 2 is 1.88 bits per heavy atom. The van der Waals surface area contributed by atoms with Gasteiger partial charge in [-0.05, 0) is 11.1 Å². The lowest BCUT2D eigenvalue weighted by Gasteiger charge is -2.27. The van der Waals surface area contributed by atoms with Crippen molar-refractivity contribution in [1.29, 1.82) is 0 Å². The number of ether oxygens (including phenoxy) is 1. The van der Waals surface area contributed by atoms with Crippen molar-refractivity contribution in [2.24, 2.45) is 12.0 Å². The molecule has 4 rings (SSSR count). The molecular formula is C22H32IN9O. The van der Waals surface area contributed by atoms with E-state index in [1.165, 1.54) is 11.1 Å². The standard InChI is InChI=1S/C22H31N9O.HI/c1-23-22(25-8-7-24-20-19-14-29-30(2)21(19)28-16-27-20)26-13-17-5-3-4-6-18(17)15-31-9-11-32-12-10-31;/h3-6,14,16H,7-13,15H2,1-2H3,(H2,23,25,26)(H,24,27,28);1H. The summed E-state index contributed by atoms with van der Waals surface area (Å²) < 4.78 is 7.20. The smallest absolute Gasteiger partial charge is 0.191 e. The van der Waals surface area contributed by atoms with Crippen LogP contribution < -0.4 is 16.0 Å². The maximum atomic E-state index is 5.46. The number of benzene rings is 1. The molecule has 1 aliphatic rings. The third-order valence-corrected chi connectivity index (χ3v) is 5.53. The van der Waals surface area contributed by atoms with E-state index >= 15 is 0 Å². The van der Waals surface area contributed by atoms with Crippen LogP contribution in [0.4, 0.5) is 5.82 Å². The molecule has 10 nitrogen and oxygen atoms in total. The third kappa shape index (κ3) is 6.74. The van der Waals surface area contributed by atoms with E-state index in [2.05, 4.69) is 65.2 Å². The van der Waals surface area contributed by atoms with E-state index in [1.54, 1.807) is 24.3 Å². The average molecular weight is 565 g/mol. The molecule has 1 aliphatic heterocycles. The predicted octanol–water partition coefficient (Wildman–Crippen LogP) is 1.59. The van der Waals surface area contributed by atoms with Gasteiger partial charge in [-0.3, -0.25) is 14.6 Å². The van der Waals surface area contributed by atoms with Gasteiger partial charge in [0.1, 0.15) is 12.1 Å². The highest BCUT2D eigenvalue weighted by Gasteiger charge is 2.13. The van der Waals surface area contributed by atoms with Crippen LogP contribution in [0, 0.1) is 0 Å². The molecule has 0 amide bonds. The summed E-state index contributed by atoms with van der Waals surface area (Å²) in [5, 5.41) is 15.3. The molecule has 3 aromatic rings. The quantitative estimate of drug-likeness (QED) is 0.164. The van der Waals surface area contributed by atoms with E-state index in [0.717, 1.165) is 62.2 Å². The van der Waals surface area contributed by atoms with Gasteiger partial charge in [0, 0.05) is 53.4 Å². The van der Waals surface area contributed by atoms with Gasteiger partial charge in [-0.15, -0.1) is 24.0 Å². The first-order valence-corrected chi connectivity index (χ1v) is 10.9. The van der Waals surface area contributed by atoms with Crippen LogP contribution in [0.5, 0.6) is 0 Å². The Labute approximate surface area is 211 Å². The van der Waals surface area contributed by atoms with Crippen molar-refractivity contribution in [1.82, 2.24) is 35.3 Å². The van der Waals surface area contributed by atoms with Crippen LogP contribution in [-0.2, 0) is 24.9 Å². The summed E-state index contributed by atoms with van der Waals surface area (Å²) in [7, 11) is 3.65. The Kier molecular flexibility index (Phi) is 9.63. The lowest BCUT2D eigenvalue weighted by atomic mass is 10.1. The van der Waals surface area contributed by atoms with Gasteiger partial charge >= 0.3 is 0 Å². The Bertz CT molecular complexity index is 1050. The van der Waals surface area contributed by atoms with Crippen molar-refractivity contribution < 1.29 is 4.74 Å². The first-order chi connectivity index (χ1) is 15.7. The largest absolute Gasteiger partial charge is 0.379 e. The van der Waals surface area contributed by atoms with Crippen LogP contribution in [0.3, 0.4) is 0 Å². The predicted molar refractivity (Wildman–Crippen MR) is 141 cm³/mol. The fourth-order valence-electron chi connectivity index (χ4n) is 3.75. The van der Waals surface area contributed by atoms with Crippen molar-refractivity contribution in [2.45, 2.75) is 13.1 Å². The van der Waals surface area contributed by atoms with Crippen LogP contribution >= 0.6 is 24.0 Å². The maximum absolute atomic E-state index is 5.46. The van der Waals surface area contributed by atoms with E-state index in [0.29, 0.717) is 13.1 Å². The lowest BCUT2D eigenvalue weighted by Crippen LogP contribution is -2.39. The first kappa shape index (κ1) is 25.1. The van der Waals surface area contributed by atoms with Gasteiger partial charge in [0.2, 0.25) is 0 Å². The summed E-state index contributed by atoms with van der Waals surface area (Å²) >= 11 is 0. The highest BCUT2D eigenvalue weighted by atomic mass is 127. The second-order valence-corrected chi connectivity index (χ2v) is 7.66. The topological polar surface area (TPSA) is 105 Å². The van der Waals surface area contributed by atoms with E-state index in [4.69, 9.17) is 4.74 Å². The van der Waals surface area contributed by atoms with E-state index in [-0.39, 0.29) is 24.0 Å². The Balaban J connectivity index is 0.00000306. The maximum Gasteiger partial charge on any atom is 0.191 e. The zero-order valence-corrected chi connectivity index (χ0v) is 21.5. The van der Waals surface area contributed by atoms with Crippen LogP contribution in [0.25, 0.3) is 11.0 Å². The number of anilines is 1. The number of halogens is 1. The lowest BCUT2D eigenvalue weighted by molar-refractivity contribution is 0.0341. The summed E-state index contributed by atoms with van der Waals surface area (Å²) in [6, 6.07) is 8.56. The van der Waals surface area contributed by atoms with Crippen LogP contribution in [0.2, 0.25) is 0 Å². The number of aromatic nitrogens is 4. The summed E-state index contributed by atoms with van der Waals surface area (Å²) in [6.07, 6.45) is 3.33. The van der Waals surface area contributed by atoms with E-state index in [1.807, 2.05) is 7.05 Å². The van der Waals surface area contributed by atoms with Crippen molar-refractivity contribution in [3.63, 3.8) is 0 Å². The van der Waals surface area contributed by atoms with Crippen molar-refractivity contribution in [2.75, 3.05) is 51.8 Å². The average Bonchev–Trinajstić information content (AvgIpc) is 3.22. The van der Waals surface area contributed by atoms with Crippen molar-refractivity contribution in [3.05, 3.63) is 47.9 Å².